The van der Waals surface area contributed by atoms with Gasteiger partial charge in [0, 0.05) is 12.8 Å². The number of carbonyl (C=O) groups excluding carboxylic acids is 2. The molecular weight excluding hydrogens is 336 g/mol. The molecule has 0 bridgehead atoms. The van der Waals surface area contributed by atoms with Crippen LogP contribution in [0.25, 0.3) is 0 Å². The number of aliphatic hydroxyl groups excluding tert-OH is 4. The molecule has 0 aliphatic carbocycles. The maximum Gasteiger partial charge on any atom is 0.305 e. The second-order valence-corrected chi connectivity index (χ2v) is 6.15. The van der Waals surface area contributed by atoms with Crippen molar-refractivity contribution in [2.75, 3.05) is 52.9 Å². The molecule has 0 rings (SSSR count). The molecular formula is C16H30O9. The molecule has 0 saturated heterocycles. The molecule has 0 saturated carbocycles. The van der Waals surface area contributed by atoms with E-state index in [1.807, 2.05) is 0 Å². The van der Waals surface area contributed by atoms with Crippen LogP contribution in [0.3, 0.4) is 0 Å². The molecule has 0 radical (unpaired) electrons. The molecule has 0 heterocycles. The van der Waals surface area contributed by atoms with Crippen molar-refractivity contribution < 1.29 is 44.2 Å². The second-order valence-electron chi connectivity index (χ2n) is 6.15. The van der Waals surface area contributed by atoms with Crippen molar-refractivity contribution in [1.29, 1.82) is 0 Å². The van der Waals surface area contributed by atoms with Gasteiger partial charge in [0.25, 0.3) is 0 Å². The molecule has 0 aliphatic heterocycles. The van der Waals surface area contributed by atoms with Gasteiger partial charge in [0.05, 0.1) is 50.5 Å². The molecule has 0 aromatic heterocycles. The Morgan fingerprint density at radius 2 is 1.04 bits per heavy atom. The molecule has 0 unspecified atom stereocenters. The third kappa shape index (κ3) is 8.10. The summed E-state index contributed by atoms with van der Waals surface area (Å²) >= 11 is 0. The van der Waals surface area contributed by atoms with Crippen molar-refractivity contribution in [1.82, 2.24) is 0 Å². The van der Waals surface area contributed by atoms with Crippen LogP contribution in [-0.2, 0) is 23.8 Å². The molecule has 0 fully saturated rings. The van der Waals surface area contributed by atoms with Crippen molar-refractivity contribution in [2.24, 2.45) is 10.8 Å². The fourth-order valence-electron chi connectivity index (χ4n) is 1.70. The Morgan fingerprint density at radius 3 is 1.36 bits per heavy atom. The molecule has 0 amide bonds. The first-order valence-electron chi connectivity index (χ1n) is 8.19. The average Bonchev–Trinajstić information content (AvgIpc) is 2.66. The molecule has 0 aliphatic rings. The van der Waals surface area contributed by atoms with E-state index in [0.29, 0.717) is 0 Å². The molecule has 0 spiro atoms. The van der Waals surface area contributed by atoms with Crippen LogP contribution in [0.2, 0.25) is 0 Å². The van der Waals surface area contributed by atoms with Crippen molar-refractivity contribution in [3.63, 3.8) is 0 Å². The number of rotatable bonds is 14. The third-order valence-corrected chi connectivity index (χ3v) is 3.81. The van der Waals surface area contributed by atoms with Crippen LogP contribution in [0.15, 0.2) is 0 Å². The molecule has 9 nitrogen and oxygen atoms in total. The summed E-state index contributed by atoms with van der Waals surface area (Å²) in [6.45, 7) is 0.454. The summed E-state index contributed by atoms with van der Waals surface area (Å²) in [5.74, 6) is -0.954. The minimum atomic E-state index is -1.23. The molecule has 0 atom stereocenters. The Labute approximate surface area is 147 Å². The van der Waals surface area contributed by atoms with Gasteiger partial charge in [0.1, 0.15) is 13.2 Å². The van der Waals surface area contributed by atoms with Crippen molar-refractivity contribution in [2.45, 2.75) is 26.7 Å². The highest BCUT2D eigenvalue weighted by Gasteiger charge is 2.36. The van der Waals surface area contributed by atoms with E-state index >= 15 is 0 Å². The average molecular weight is 366 g/mol. The highest BCUT2D eigenvalue weighted by molar-refractivity contribution is 5.69. The predicted molar refractivity (Wildman–Crippen MR) is 86.5 cm³/mol. The van der Waals surface area contributed by atoms with Crippen LogP contribution in [0.1, 0.15) is 26.7 Å². The summed E-state index contributed by atoms with van der Waals surface area (Å²) in [5, 5.41) is 37.6. The van der Waals surface area contributed by atoms with E-state index in [9.17, 15) is 30.0 Å². The van der Waals surface area contributed by atoms with Gasteiger partial charge in [-0.25, -0.2) is 0 Å². The fourth-order valence-corrected chi connectivity index (χ4v) is 1.70. The van der Waals surface area contributed by atoms with Gasteiger partial charge >= 0.3 is 11.9 Å². The largest absolute Gasteiger partial charge is 0.465 e. The summed E-state index contributed by atoms with van der Waals surface area (Å²) < 4.78 is 15.6. The zero-order chi connectivity index (χ0) is 19.3. The van der Waals surface area contributed by atoms with E-state index in [1.54, 1.807) is 13.8 Å². The summed E-state index contributed by atoms with van der Waals surface area (Å²) in [6.07, 6.45) is 0.305. The Kier molecular flexibility index (Phi) is 11.5. The van der Waals surface area contributed by atoms with Crippen LogP contribution < -0.4 is 0 Å². The Balaban J connectivity index is 4.95. The normalized spacial score (nSPS) is 12.1. The first-order chi connectivity index (χ1) is 11.9. The van der Waals surface area contributed by atoms with Crippen molar-refractivity contribution in [3.8, 4) is 0 Å². The van der Waals surface area contributed by atoms with E-state index in [-0.39, 0.29) is 39.3 Å². The van der Waals surface area contributed by atoms with Crippen LogP contribution in [-0.4, -0.2) is 85.2 Å². The number of hydrogen-bond acceptors (Lipinski definition) is 9. The monoisotopic (exact) mass is 366 g/mol. The molecule has 25 heavy (non-hydrogen) atoms. The lowest BCUT2D eigenvalue weighted by atomic mass is 9.90. The van der Waals surface area contributed by atoms with E-state index in [1.165, 1.54) is 0 Å². The topological polar surface area (TPSA) is 143 Å². The molecule has 0 aromatic rings. The smallest absolute Gasteiger partial charge is 0.305 e. The van der Waals surface area contributed by atoms with E-state index in [4.69, 9.17) is 14.2 Å². The number of aliphatic hydroxyl groups is 4. The van der Waals surface area contributed by atoms with Gasteiger partial charge in [-0.1, -0.05) is 13.8 Å². The van der Waals surface area contributed by atoms with Gasteiger partial charge in [-0.3, -0.25) is 9.59 Å². The summed E-state index contributed by atoms with van der Waals surface area (Å²) in [7, 11) is 0. The minimum absolute atomic E-state index is 0.153. The summed E-state index contributed by atoms with van der Waals surface area (Å²) in [4.78, 5) is 22.8. The van der Waals surface area contributed by atoms with Crippen LogP contribution >= 0.6 is 0 Å². The lowest BCUT2D eigenvalue weighted by Gasteiger charge is -2.33. The maximum atomic E-state index is 11.4. The number of hydrogen-bond donors (Lipinski definition) is 4. The van der Waals surface area contributed by atoms with Gasteiger partial charge in [-0.15, -0.1) is 0 Å². The maximum absolute atomic E-state index is 11.4. The quantitative estimate of drug-likeness (QED) is 0.280. The minimum Gasteiger partial charge on any atom is -0.465 e. The van der Waals surface area contributed by atoms with Crippen LogP contribution in [0.4, 0.5) is 0 Å². The Bertz CT molecular complexity index is 365. The standard InChI is InChI=1S/C16H30O9/c1-3-13(21)24-11-16(8-20,12-25-14(22)4-2)10-23-9-15(5-17,6-18)7-19/h17-20H,3-12H2,1-2H3. The fraction of sp³-hybridized carbons (Fsp3) is 0.875. The number of carbonyl (C=O) groups is 2. The highest BCUT2D eigenvalue weighted by atomic mass is 16.6. The molecule has 148 valence electrons. The third-order valence-electron chi connectivity index (χ3n) is 3.81. The molecule has 9 heteroatoms. The van der Waals surface area contributed by atoms with E-state index in [2.05, 4.69) is 0 Å². The van der Waals surface area contributed by atoms with Gasteiger partial charge < -0.3 is 34.6 Å². The van der Waals surface area contributed by atoms with E-state index in [0.717, 1.165) is 0 Å². The molecule has 4 N–H and O–H groups in total. The van der Waals surface area contributed by atoms with Gasteiger partial charge in [-0.2, -0.15) is 0 Å². The predicted octanol–water partition coefficient (Wildman–Crippen LogP) is -1.15. The number of ether oxygens (including phenoxy) is 3. The lowest BCUT2D eigenvalue weighted by molar-refractivity contribution is -0.163. The first-order valence-corrected chi connectivity index (χ1v) is 8.19. The highest BCUT2D eigenvalue weighted by Crippen LogP contribution is 2.22. The van der Waals surface area contributed by atoms with Crippen LogP contribution in [0.5, 0.6) is 0 Å². The first kappa shape index (κ1) is 23.7. The SMILES string of the molecule is CCC(=O)OCC(CO)(COCC(CO)(CO)CO)COC(=O)CC. The van der Waals surface area contributed by atoms with Crippen molar-refractivity contribution in [3.05, 3.63) is 0 Å². The summed E-state index contributed by atoms with van der Waals surface area (Å²) in [5.41, 5.74) is -2.41. The van der Waals surface area contributed by atoms with Gasteiger partial charge in [-0.05, 0) is 0 Å². The molecule has 0 aromatic carbocycles. The van der Waals surface area contributed by atoms with Crippen molar-refractivity contribution >= 4 is 11.9 Å². The second kappa shape index (κ2) is 12.2. The Morgan fingerprint density at radius 1 is 0.680 bits per heavy atom. The zero-order valence-electron chi connectivity index (χ0n) is 14.9. The van der Waals surface area contributed by atoms with Gasteiger partial charge in [0.2, 0.25) is 0 Å². The Hall–Kier alpha value is -1.26. The lowest BCUT2D eigenvalue weighted by Crippen LogP contribution is -2.45. The van der Waals surface area contributed by atoms with Gasteiger partial charge in [0.15, 0.2) is 0 Å². The summed E-state index contributed by atoms with van der Waals surface area (Å²) in [6, 6.07) is 0. The number of esters is 2. The zero-order valence-corrected chi connectivity index (χ0v) is 14.9. The van der Waals surface area contributed by atoms with E-state index < -0.39 is 49.2 Å². The van der Waals surface area contributed by atoms with Crippen LogP contribution in [0, 0.1) is 10.8 Å².